The molecule has 2 amide bonds. The molecule has 0 fully saturated rings. The Hall–Kier alpha value is -2.93. The maximum Gasteiger partial charge on any atom is 0.315 e. The molecule has 3 N–H and O–H groups in total. The lowest BCUT2D eigenvalue weighted by Crippen LogP contribution is -2.40. The number of nitrogens with one attached hydrogen (secondary N) is 2. The number of nitrogens with zero attached hydrogens (tertiary/aromatic N) is 3. The number of rotatable bonds is 6. The number of fused-ring (bicyclic) bond motifs is 1. The number of carbonyl (C=O) groups excluding carboxylic acids is 1. The lowest BCUT2D eigenvalue weighted by atomic mass is 10.0. The first-order valence-corrected chi connectivity index (χ1v) is 8.21. The van der Waals surface area contributed by atoms with E-state index in [-0.39, 0.29) is 24.7 Å². The molecule has 130 valence electrons. The zero-order valence-corrected chi connectivity index (χ0v) is 14.0. The zero-order valence-electron chi connectivity index (χ0n) is 14.0. The van der Waals surface area contributed by atoms with Crippen LogP contribution in [-0.2, 0) is 0 Å². The van der Waals surface area contributed by atoms with Gasteiger partial charge in [-0.05, 0) is 31.0 Å². The molecule has 25 heavy (non-hydrogen) atoms. The average molecular weight is 339 g/mol. The van der Waals surface area contributed by atoms with Crippen LogP contribution < -0.4 is 10.6 Å². The Morgan fingerprint density at radius 1 is 1.12 bits per heavy atom. The number of amides is 2. The Morgan fingerprint density at radius 3 is 2.64 bits per heavy atom. The third kappa shape index (κ3) is 3.95. The fourth-order valence-electron chi connectivity index (χ4n) is 2.75. The molecule has 0 radical (unpaired) electrons. The van der Waals surface area contributed by atoms with E-state index in [1.165, 1.54) is 0 Å². The normalized spacial score (nSPS) is 13.4. The second kappa shape index (κ2) is 7.76. The third-order valence-electron chi connectivity index (χ3n) is 4.00. The summed E-state index contributed by atoms with van der Waals surface area (Å²) in [5.41, 5.74) is 1.68. The number of carbonyl (C=O) groups is 1. The van der Waals surface area contributed by atoms with E-state index in [1.54, 1.807) is 0 Å². The Morgan fingerprint density at radius 2 is 1.88 bits per heavy atom. The number of urea groups is 1. The topological polar surface area (TPSA) is 91.5 Å². The highest BCUT2D eigenvalue weighted by Crippen LogP contribution is 2.17. The van der Waals surface area contributed by atoms with Gasteiger partial charge in [0, 0.05) is 12.8 Å². The van der Waals surface area contributed by atoms with Gasteiger partial charge in [0.15, 0.2) is 11.5 Å². The number of pyridine rings is 1. The minimum absolute atomic E-state index is 0.00971. The number of aromatic nitrogens is 3. The number of hydrogen-bond donors (Lipinski definition) is 3. The Labute approximate surface area is 145 Å². The Balaban J connectivity index is 1.68. The standard InChI is InChI=1S/C18H21N5O2/c1-13(17-22-21-16-9-5-6-11-23(16)17)19-18(25)20-15(10-12-24)14-7-3-2-4-8-14/h2-9,11,13,15,24H,10,12H2,1H3,(H2,19,20,25)/t13?,15-/m1/s1. The van der Waals surface area contributed by atoms with Crippen LogP contribution in [-0.4, -0.2) is 32.3 Å². The van der Waals surface area contributed by atoms with Crippen molar-refractivity contribution in [2.75, 3.05) is 6.61 Å². The van der Waals surface area contributed by atoms with Crippen molar-refractivity contribution in [3.05, 3.63) is 66.1 Å². The molecule has 2 atom stereocenters. The third-order valence-corrected chi connectivity index (χ3v) is 4.00. The van der Waals surface area contributed by atoms with Crippen LogP contribution in [0.4, 0.5) is 4.79 Å². The molecule has 7 nitrogen and oxygen atoms in total. The van der Waals surface area contributed by atoms with E-state index in [1.807, 2.05) is 66.1 Å². The van der Waals surface area contributed by atoms with Gasteiger partial charge in [0.1, 0.15) is 0 Å². The molecule has 0 saturated carbocycles. The van der Waals surface area contributed by atoms with E-state index >= 15 is 0 Å². The first-order chi connectivity index (χ1) is 12.2. The summed E-state index contributed by atoms with van der Waals surface area (Å²) in [6, 6.07) is 14.3. The molecule has 3 rings (SSSR count). The van der Waals surface area contributed by atoms with Gasteiger partial charge in [-0.25, -0.2) is 4.79 Å². The molecule has 0 saturated heterocycles. The van der Waals surface area contributed by atoms with E-state index < -0.39 is 0 Å². The van der Waals surface area contributed by atoms with E-state index in [0.29, 0.717) is 12.2 Å². The summed E-state index contributed by atoms with van der Waals surface area (Å²) >= 11 is 0. The summed E-state index contributed by atoms with van der Waals surface area (Å²) in [7, 11) is 0. The van der Waals surface area contributed by atoms with E-state index in [0.717, 1.165) is 11.2 Å². The monoisotopic (exact) mass is 339 g/mol. The van der Waals surface area contributed by atoms with Gasteiger partial charge in [-0.15, -0.1) is 10.2 Å². The van der Waals surface area contributed by atoms with Crippen molar-refractivity contribution in [2.45, 2.75) is 25.4 Å². The number of aliphatic hydroxyl groups excluding tert-OH is 1. The SMILES string of the molecule is CC(NC(=O)N[C@H](CCO)c1ccccc1)c1nnc2ccccn12. The second-order valence-corrected chi connectivity index (χ2v) is 5.80. The van der Waals surface area contributed by atoms with Crippen molar-refractivity contribution in [3.8, 4) is 0 Å². The lowest BCUT2D eigenvalue weighted by molar-refractivity contribution is 0.226. The number of aliphatic hydroxyl groups is 1. The van der Waals surface area contributed by atoms with Gasteiger partial charge in [-0.2, -0.15) is 0 Å². The largest absolute Gasteiger partial charge is 0.396 e. The molecule has 0 aliphatic rings. The fourth-order valence-corrected chi connectivity index (χ4v) is 2.75. The minimum Gasteiger partial charge on any atom is -0.396 e. The van der Waals surface area contributed by atoms with Crippen LogP contribution >= 0.6 is 0 Å². The molecule has 0 aliphatic carbocycles. The summed E-state index contributed by atoms with van der Waals surface area (Å²) in [6.45, 7) is 1.84. The molecule has 1 aromatic carbocycles. The molecule has 3 aromatic rings. The summed E-state index contributed by atoms with van der Waals surface area (Å²) < 4.78 is 1.84. The van der Waals surface area contributed by atoms with Gasteiger partial charge in [-0.1, -0.05) is 36.4 Å². The van der Waals surface area contributed by atoms with Crippen molar-refractivity contribution < 1.29 is 9.90 Å². The fraction of sp³-hybridized carbons (Fsp3) is 0.278. The van der Waals surface area contributed by atoms with Gasteiger partial charge < -0.3 is 15.7 Å². The van der Waals surface area contributed by atoms with Crippen LogP contribution in [0.25, 0.3) is 5.65 Å². The minimum atomic E-state index is -0.317. The van der Waals surface area contributed by atoms with Crippen molar-refractivity contribution >= 4 is 11.7 Å². The van der Waals surface area contributed by atoms with Crippen LogP contribution in [0.5, 0.6) is 0 Å². The van der Waals surface area contributed by atoms with E-state index in [9.17, 15) is 9.90 Å². The van der Waals surface area contributed by atoms with Gasteiger partial charge in [0.2, 0.25) is 0 Å². The van der Waals surface area contributed by atoms with Crippen molar-refractivity contribution in [1.29, 1.82) is 0 Å². The number of hydrogen-bond acceptors (Lipinski definition) is 4. The van der Waals surface area contributed by atoms with E-state index in [2.05, 4.69) is 20.8 Å². The molecule has 2 heterocycles. The van der Waals surface area contributed by atoms with Crippen LogP contribution in [0.2, 0.25) is 0 Å². The van der Waals surface area contributed by atoms with Crippen LogP contribution in [0.3, 0.4) is 0 Å². The van der Waals surface area contributed by atoms with Crippen molar-refractivity contribution in [3.63, 3.8) is 0 Å². The number of benzene rings is 1. The first-order valence-electron chi connectivity index (χ1n) is 8.21. The van der Waals surface area contributed by atoms with Crippen molar-refractivity contribution in [2.24, 2.45) is 0 Å². The lowest BCUT2D eigenvalue weighted by Gasteiger charge is -2.20. The van der Waals surface area contributed by atoms with Gasteiger partial charge >= 0.3 is 6.03 Å². The maximum atomic E-state index is 12.4. The zero-order chi connectivity index (χ0) is 17.6. The molecule has 2 aromatic heterocycles. The summed E-state index contributed by atoms with van der Waals surface area (Å²) in [6.07, 6.45) is 2.30. The van der Waals surface area contributed by atoms with Gasteiger partial charge in [0.25, 0.3) is 0 Å². The molecule has 0 spiro atoms. The highest BCUT2D eigenvalue weighted by molar-refractivity contribution is 5.74. The highest BCUT2D eigenvalue weighted by atomic mass is 16.3. The molecular weight excluding hydrogens is 318 g/mol. The van der Waals surface area contributed by atoms with Crippen LogP contribution in [0, 0.1) is 0 Å². The second-order valence-electron chi connectivity index (χ2n) is 5.80. The maximum absolute atomic E-state index is 12.4. The molecule has 1 unspecified atom stereocenters. The van der Waals surface area contributed by atoms with Gasteiger partial charge in [-0.3, -0.25) is 4.40 Å². The molecule has 0 bridgehead atoms. The first kappa shape index (κ1) is 16.9. The summed E-state index contributed by atoms with van der Waals surface area (Å²) in [5, 5.41) is 23.3. The average Bonchev–Trinajstić information content (AvgIpc) is 3.06. The summed E-state index contributed by atoms with van der Waals surface area (Å²) in [4.78, 5) is 12.4. The van der Waals surface area contributed by atoms with E-state index in [4.69, 9.17) is 0 Å². The smallest absolute Gasteiger partial charge is 0.315 e. The van der Waals surface area contributed by atoms with Gasteiger partial charge in [0.05, 0.1) is 12.1 Å². The van der Waals surface area contributed by atoms with Crippen LogP contribution in [0.1, 0.15) is 36.8 Å². The predicted molar refractivity (Wildman–Crippen MR) is 94.0 cm³/mol. The molecular formula is C18H21N5O2. The Kier molecular flexibility index (Phi) is 5.25. The predicted octanol–water partition coefficient (Wildman–Crippen LogP) is 2.21. The van der Waals surface area contributed by atoms with Crippen LogP contribution in [0.15, 0.2) is 54.7 Å². The molecule has 7 heteroatoms. The highest BCUT2D eigenvalue weighted by Gasteiger charge is 2.18. The molecule has 0 aliphatic heterocycles. The quantitative estimate of drug-likeness (QED) is 0.642. The summed E-state index contributed by atoms with van der Waals surface area (Å²) in [5.74, 6) is 0.657. The Bertz CT molecular complexity index is 834. The van der Waals surface area contributed by atoms with Crippen molar-refractivity contribution in [1.82, 2.24) is 25.2 Å².